The minimum absolute atomic E-state index is 0.263. The van der Waals surface area contributed by atoms with Crippen LogP contribution >= 0.6 is 0 Å². The maximum atomic E-state index is 13.1. The van der Waals surface area contributed by atoms with Crippen molar-refractivity contribution in [1.29, 1.82) is 0 Å². The second-order valence-electron chi connectivity index (χ2n) is 3.98. The smallest absolute Gasteiger partial charge is 0.147 e. The molecule has 2 aromatic rings. The van der Waals surface area contributed by atoms with E-state index in [-0.39, 0.29) is 5.82 Å². The Morgan fingerprint density at radius 2 is 2.06 bits per heavy atom. The molecule has 0 radical (unpaired) electrons. The molecule has 0 aliphatic rings. The molecule has 1 aromatic heterocycles. The highest BCUT2D eigenvalue weighted by Gasteiger charge is 2.07. The molecule has 0 aliphatic heterocycles. The molecule has 90 valence electrons. The van der Waals surface area contributed by atoms with E-state index in [1.54, 1.807) is 10.7 Å². The van der Waals surface area contributed by atoms with Crippen molar-refractivity contribution in [3.63, 3.8) is 0 Å². The van der Waals surface area contributed by atoms with Gasteiger partial charge in [0.1, 0.15) is 17.5 Å². The number of aryl methyl sites for hydroxylation is 2. The van der Waals surface area contributed by atoms with Crippen LogP contribution in [0.5, 0.6) is 0 Å². The van der Waals surface area contributed by atoms with E-state index in [0.29, 0.717) is 13.1 Å². The fourth-order valence-corrected chi connectivity index (χ4v) is 1.81. The Morgan fingerprint density at radius 1 is 1.29 bits per heavy atom. The fraction of sp³-hybridized carbons (Fsp3) is 0.333. The van der Waals surface area contributed by atoms with E-state index in [1.165, 1.54) is 12.1 Å². The number of aromatic nitrogens is 3. The molecular weight excluding hydrogens is 219 g/mol. The maximum Gasteiger partial charge on any atom is 0.147 e. The summed E-state index contributed by atoms with van der Waals surface area (Å²) in [6, 6.07) is 4.65. The molecule has 1 heterocycles. The first-order chi connectivity index (χ1) is 8.10. The largest absolute Gasteiger partial charge is 0.326 e. The van der Waals surface area contributed by atoms with Crippen LogP contribution in [-0.4, -0.2) is 14.8 Å². The first-order valence-corrected chi connectivity index (χ1v) is 5.45. The Bertz CT molecular complexity index is 533. The quantitative estimate of drug-likeness (QED) is 0.876. The Kier molecular flexibility index (Phi) is 3.19. The monoisotopic (exact) mass is 234 g/mol. The summed E-state index contributed by atoms with van der Waals surface area (Å²) < 4.78 is 14.9. The van der Waals surface area contributed by atoms with Crippen LogP contribution in [0, 0.1) is 19.7 Å². The molecule has 1 aromatic carbocycles. The summed E-state index contributed by atoms with van der Waals surface area (Å²) in [6.07, 6.45) is 0. The van der Waals surface area contributed by atoms with Crippen molar-refractivity contribution in [2.45, 2.75) is 26.9 Å². The van der Waals surface area contributed by atoms with E-state index in [2.05, 4.69) is 10.1 Å². The van der Waals surface area contributed by atoms with Crippen molar-refractivity contribution in [3.05, 3.63) is 46.8 Å². The van der Waals surface area contributed by atoms with Crippen LogP contribution in [0.3, 0.4) is 0 Å². The lowest BCUT2D eigenvalue weighted by Crippen LogP contribution is -2.09. The van der Waals surface area contributed by atoms with Gasteiger partial charge in [0.15, 0.2) is 0 Å². The molecule has 2 rings (SSSR count). The summed E-state index contributed by atoms with van der Waals surface area (Å²) in [5.74, 6) is 1.31. The van der Waals surface area contributed by atoms with Crippen molar-refractivity contribution in [2.24, 2.45) is 5.73 Å². The SMILES string of the molecule is Cc1nc(C)n(Cc2ccc(F)cc2CN)n1. The second-order valence-corrected chi connectivity index (χ2v) is 3.98. The van der Waals surface area contributed by atoms with Crippen molar-refractivity contribution < 1.29 is 4.39 Å². The van der Waals surface area contributed by atoms with Crippen LogP contribution in [0.4, 0.5) is 4.39 Å². The summed E-state index contributed by atoms with van der Waals surface area (Å²) in [7, 11) is 0. The van der Waals surface area contributed by atoms with Crippen LogP contribution in [0.25, 0.3) is 0 Å². The summed E-state index contributed by atoms with van der Waals surface area (Å²) in [5, 5.41) is 4.27. The molecule has 0 bridgehead atoms. The molecule has 5 heteroatoms. The van der Waals surface area contributed by atoms with Crippen LogP contribution in [0.15, 0.2) is 18.2 Å². The molecule has 0 fully saturated rings. The van der Waals surface area contributed by atoms with E-state index >= 15 is 0 Å². The van der Waals surface area contributed by atoms with Crippen LogP contribution in [0.2, 0.25) is 0 Å². The van der Waals surface area contributed by atoms with Gasteiger partial charge in [0.05, 0.1) is 6.54 Å². The number of hydrogen-bond acceptors (Lipinski definition) is 3. The van der Waals surface area contributed by atoms with Gasteiger partial charge in [-0.1, -0.05) is 6.07 Å². The molecule has 0 saturated carbocycles. The van der Waals surface area contributed by atoms with Crippen molar-refractivity contribution in [3.8, 4) is 0 Å². The van der Waals surface area contributed by atoms with Gasteiger partial charge in [-0.3, -0.25) is 0 Å². The number of hydrogen-bond donors (Lipinski definition) is 1. The Hall–Kier alpha value is -1.75. The van der Waals surface area contributed by atoms with E-state index in [1.807, 2.05) is 13.8 Å². The molecule has 17 heavy (non-hydrogen) atoms. The lowest BCUT2D eigenvalue weighted by molar-refractivity contribution is 0.617. The number of rotatable bonds is 3. The molecule has 0 amide bonds. The zero-order valence-electron chi connectivity index (χ0n) is 9.94. The zero-order valence-corrected chi connectivity index (χ0v) is 9.94. The Labute approximate surface area is 99.3 Å². The molecule has 0 aliphatic carbocycles. The lowest BCUT2D eigenvalue weighted by atomic mass is 10.1. The van der Waals surface area contributed by atoms with Crippen LogP contribution in [-0.2, 0) is 13.1 Å². The number of nitrogens with zero attached hydrogens (tertiary/aromatic N) is 3. The second kappa shape index (κ2) is 4.63. The molecule has 0 unspecified atom stereocenters. The molecule has 2 N–H and O–H groups in total. The standard InChI is InChI=1S/C12H15FN4/c1-8-15-9(2)17(16-8)7-10-3-4-12(13)5-11(10)6-14/h3-5H,6-7,14H2,1-2H3. The Balaban J connectivity index is 2.32. The molecule has 0 spiro atoms. The highest BCUT2D eigenvalue weighted by molar-refractivity contribution is 5.28. The predicted octanol–water partition coefficient (Wildman–Crippen LogP) is 1.54. The first kappa shape index (κ1) is 11.7. The van der Waals surface area contributed by atoms with Gasteiger partial charge in [0, 0.05) is 6.54 Å². The fourth-order valence-electron chi connectivity index (χ4n) is 1.81. The van der Waals surface area contributed by atoms with Gasteiger partial charge in [0.25, 0.3) is 0 Å². The number of nitrogens with two attached hydrogens (primary N) is 1. The van der Waals surface area contributed by atoms with Crippen molar-refractivity contribution >= 4 is 0 Å². The van der Waals surface area contributed by atoms with Gasteiger partial charge in [-0.15, -0.1) is 0 Å². The highest BCUT2D eigenvalue weighted by Crippen LogP contribution is 2.13. The third-order valence-corrected chi connectivity index (χ3v) is 2.67. The molecule has 0 saturated heterocycles. The number of halogens is 1. The normalized spacial score (nSPS) is 10.8. The van der Waals surface area contributed by atoms with Crippen LogP contribution in [0.1, 0.15) is 22.8 Å². The third-order valence-electron chi connectivity index (χ3n) is 2.67. The molecular formula is C12H15FN4. The van der Waals surface area contributed by atoms with E-state index < -0.39 is 0 Å². The summed E-state index contributed by atoms with van der Waals surface area (Å²) in [6.45, 7) is 4.63. The van der Waals surface area contributed by atoms with E-state index in [4.69, 9.17) is 5.73 Å². The molecule has 4 nitrogen and oxygen atoms in total. The maximum absolute atomic E-state index is 13.1. The van der Waals surface area contributed by atoms with Crippen molar-refractivity contribution in [1.82, 2.24) is 14.8 Å². The summed E-state index contributed by atoms with van der Waals surface area (Å²) in [4.78, 5) is 4.23. The van der Waals surface area contributed by atoms with Crippen molar-refractivity contribution in [2.75, 3.05) is 0 Å². The van der Waals surface area contributed by atoms with E-state index in [0.717, 1.165) is 22.8 Å². The summed E-state index contributed by atoms with van der Waals surface area (Å²) >= 11 is 0. The predicted molar refractivity (Wildman–Crippen MR) is 62.9 cm³/mol. The topological polar surface area (TPSA) is 56.7 Å². The zero-order chi connectivity index (χ0) is 12.4. The van der Waals surface area contributed by atoms with Gasteiger partial charge in [-0.25, -0.2) is 14.1 Å². The first-order valence-electron chi connectivity index (χ1n) is 5.45. The van der Waals surface area contributed by atoms with Gasteiger partial charge in [0.2, 0.25) is 0 Å². The average Bonchev–Trinajstić information content (AvgIpc) is 2.60. The van der Waals surface area contributed by atoms with Gasteiger partial charge >= 0.3 is 0 Å². The summed E-state index contributed by atoms with van der Waals surface area (Å²) in [5.41, 5.74) is 7.38. The van der Waals surface area contributed by atoms with E-state index in [9.17, 15) is 4.39 Å². The minimum atomic E-state index is -0.263. The highest BCUT2D eigenvalue weighted by atomic mass is 19.1. The Morgan fingerprint density at radius 3 is 2.65 bits per heavy atom. The third kappa shape index (κ3) is 2.50. The molecule has 0 atom stereocenters. The average molecular weight is 234 g/mol. The van der Waals surface area contributed by atoms with Gasteiger partial charge in [-0.05, 0) is 37.1 Å². The van der Waals surface area contributed by atoms with Gasteiger partial charge < -0.3 is 5.73 Å². The minimum Gasteiger partial charge on any atom is -0.326 e. The van der Waals surface area contributed by atoms with Gasteiger partial charge in [-0.2, -0.15) is 5.10 Å². The lowest BCUT2D eigenvalue weighted by Gasteiger charge is -2.08. The van der Waals surface area contributed by atoms with Crippen LogP contribution < -0.4 is 5.73 Å². The number of benzene rings is 1.